The van der Waals surface area contributed by atoms with Crippen molar-refractivity contribution in [3.63, 3.8) is 0 Å². The molecule has 0 atom stereocenters. The molecule has 2 N–H and O–H groups in total. The zero-order valence-corrected chi connectivity index (χ0v) is 13.6. The van der Waals surface area contributed by atoms with Crippen LogP contribution in [0.25, 0.3) is 0 Å². The van der Waals surface area contributed by atoms with Crippen molar-refractivity contribution < 1.29 is 14.3 Å². The summed E-state index contributed by atoms with van der Waals surface area (Å²) in [6.45, 7) is 1.15. The Morgan fingerprint density at radius 2 is 1.92 bits per heavy atom. The fourth-order valence-electron chi connectivity index (χ4n) is 3.13. The smallest absolute Gasteiger partial charge is 0.258 e. The second-order valence-electron chi connectivity index (χ2n) is 5.86. The molecule has 0 saturated carbocycles. The first-order valence-electron chi connectivity index (χ1n) is 7.93. The lowest BCUT2D eigenvalue weighted by atomic mass is 9.95. The molecule has 5 nitrogen and oxygen atoms in total. The Kier molecular flexibility index (Phi) is 4.62. The highest BCUT2D eigenvalue weighted by Crippen LogP contribution is 2.31. The zero-order valence-electron chi connectivity index (χ0n) is 13.6. The second kappa shape index (κ2) is 6.84. The van der Waals surface area contributed by atoms with E-state index in [4.69, 9.17) is 10.5 Å². The molecule has 2 amide bonds. The topological polar surface area (TPSA) is 72.6 Å². The molecule has 0 aromatic heterocycles. The molecule has 124 valence electrons. The summed E-state index contributed by atoms with van der Waals surface area (Å²) in [5.41, 5.74) is 9.24. The van der Waals surface area contributed by atoms with E-state index in [1.807, 2.05) is 30.3 Å². The summed E-state index contributed by atoms with van der Waals surface area (Å²) < 4.78 is 5.09. The number of benzene rings is 2. The van der Waals surface area contributed by atoms with Crippen molar-refractivity contribution in [3.8, 4) is 0 Å². The highest BCUT2D eigenvalue weighted by Gasteiger charge is 2.26. The van der Waals surface area contributed by atoms with Gasteiger partial charge >= 0.3 is 0 Å². The Bertz CT molecular complexity index is 769. The van der Waals surface area contributed by atoms with Gasteiger partial charge < -0.3 is 15.4 Å². The summed E-state index contributed by atoms with van der Waals surface area (Å²) in [5.74, 6) is -0.522. The van der Waals surface area contributed by atoms with Gasteiger partial charge in [-0.1, -0.05) is 18.2 Å². The van der Waals surface area contributed by atoms with Crippen LogP contribution >= 0.6 is 0 Å². The molecule has 24 heavy (non-hydrogen) atoms. The molecule has 3 rings (SSSR count). The highest BCUT2D eigenvalue weighted by atomic mass is 16.5. The number of hydrogen-bond acceptors (Lipinski definition) is 3. The molecule has 2 aromatic rings. The highest BCUT2D eigenvalue weighted by molar-refractivity contribution is 6.08. The molecule has 0 unspecified atom stereocenters. The molecule has 0 radical (unpaired) electrons. The predicted molar refractivity (Wildman–Crippen MR) is 92.1 cm³/mol. The molecular weight excluding hydrogens is 304 g/mol. The van der Waals surface area contributed by atoms with E-state index < -0.39 is 5.91 Å². The normalized spacial score (nSPS) is 13.5. The van der Waals surface area contributed by atoms with Crippen LogP contribution in [-0.4, -0.2) is 25.5 Å². The third-order valence-corrected chi connectivity index (χ3v) is 4.27. The van der Waals surface area contributed by atoms with Crippen molar-refractivity contribution >= 4 is 17.5 Å². The van der Waals surface area contributed by atoms with Crippen LogP contribution in [0.15, 0.2) is 42.5 Å². The van der Waals surface area contributed by atoms with Crippen LogP contribution in [0, 0.1) is 0 Å². The summed E-state index contributed by atoms with van der Waals surface area (Å²) in [6, 6.07) is 12.8. The Morgan fingerprint density at radius 1 is 1.17 bits per heavy atom. The van der Waals surface area contributed by atoms with Gasteiger partial charge in [-0.25, -0.2) is 0 Å². The van der Waals surface area contributed by atoms with Gasteiger partial charge in [-0.3, -0.25) is 9.59 Å². The van der Waals surface area contributed by atoms with Gasteiger partial charge in [0.2, 0.25) is 5.91 Å². The first kappa shape index (κ1) is 16.2. The van der Waals surface area contributed by atoms with Crippen LogP contribution in [0.4, 0.5) is 5.69 Å². The summed E-state index contributed by atoms with van der Waals surface area (Å²) >= 11 is 0. The van der Waals surface area contributed by atoms with E-state index in [0.29, 0.717) is 24.3 Å². The number of rotatable bonds is 4. The van der Waals surface area contributed by atoms with Gasteiger partial charge in [0.05, 0.1) is 6.61 Å². The van der Waals surface area contributed by atoms with Crippen LogP contribution < -0.4 is 10.6 Å². The van der Waals surface area contributed by atoms with Gasteiger partial charge in [0.1, 0.15) is 0 Å². The summed E-state index contributed by atoms with van der Waals surface area (Å²) in [5, 5.41) is 0. The molecule has 0 saturated heterocycles. The molecule has 5 heteroatoms. The van der Waals surface area contributed by atoms with Gasteiger partial charge in [-0.15, -0.1) is 0 Å². The van der Waals surface area contributed by atoms with Crippen molar-refractivity contribution in [2.24, 2.45) is 5.73 Å². The number of methoxy groups -OCH3 is 1. The number of fused-ring (bicyclic) bond motifs is 1. The Hall–Kier alpha value is -2.66. The lowest BCUT2D eigenvalue weighted by Gasteiger charge is -2.30. The van der Waals surface area contributed by atoms with Crippen molar-refractivity contribution in [1.82, 2.24) is 0 Å². The molecule has 0 spiro atoms. The zero-order chi connectivity index (χ0) is 17.1. The van der Waals surface area contributed by atoms with E-state index in [2.05, 4.69) is 0 Å². The number of nitrogens with two attached hydrogens (primary N) is 1. The molecule has 0 bridgehead atoms. The largest absolute Gasteiger partial charge is 0.380 e. The Labute approximate surface area is 141 Å². The maximum atomic E-state index is 12.9. The van der Waals surface area contributed by atoms with E-state index in [1.54, 1.807) is 24.1 Å². The third kappa shape index (κ3) is 3.03. The van der Waals surface area contributed by atoms with E-state index >= 15 is 0 Å². The minimum atomic E-state index is -0.454. The third-order valence-electron chi connectivity index (χ3n) is 4.27. The number of primary amides is 1. The lowest BCUT2D eigenvalue weighted by Crippen LogP contribution is -2.36. The summed E-state index contributed by atoms with van der Waals surface area (Å²) in [4.78, 5) is 26.2. The Morgan fingerprint density at radius 3 is 2.58 bits per heavy atom. The average Bonchev–Trinajstić information content (AvgIpc) is 2.61. The van der Waals surface area contributed by atoms with Gasteiger partial charge in [0, 0.05) is 30.5 Å². The van der Waals surface area contributed by atoms with Gasteiger partial charge in [-0.2, -0.15) is 0 Å². The molecule has 2 aromatic carbocycles. The summed E-state index contributed by atoms with van der Waals surface area (Å²) in [6.07, 6.45) is 1.57. The van der Waals surface area contributed by atoms with Crippen LogP contribution in [0.1, 0.15) is 38.3 Å². The second-order valence-corrected chi connectivity index (χ2v) is 5.86. The lowest BCUT2D eigenvalue weighted by molar-refractivity contribution is 0.0977. The Balaban J connectivity index is 1.92. The van der Waals surface area contributed by atoms with Crippen molar-refractivity contribution in [1.29, 1.82) is 0 Å². The van der Waals surface area contributed by atoms with Crippen molar-refractivity contribution in [2.45, 2.75) is 19.4 Å². The maximum absolute atomic E-state index is 12.9. The molecule has 1 aliphatic rings. The van der Waals surface area contributed by atoms with E-state index in [9.17, 15) is 9.59 Å². The number of carbonyl (C=O) groups is 2. The molecule has 1 heterocycles. The van der Waals surface area contributed by atoms with Crippen molar-refractivity contribution in [3.05, 3.63) is 64.7 Å². The monoisotopic (exact) mass is 324 g/mol. The fraction of sp³-hybridized carbons (Fsp3) is 0.263. The molecule has 1 aliphatic heterocycles. The van der Waals surface area contributed by atoms with E-state index in [1.165, 1.54) is 0 Å². The standard InChI is InChI=1S/C19H20N2O3/c1-24-12-13-7-9-14(10-8-13)19(23)21-11-3-5-15-16(18(20)22)4-2-6-17(15)21/h2,4,6-10H,3,5,11-12H2,1H3,(H2,20,22). The number of ether oxygens (including phenoxy) is 1. The predicted octanol–water partition coefficient (Wildman–Crippen LogP) is 2.52. The maximum Gasteiger partial charge on any atom is 0.258 e. The molecule has 0 fully saturated rings. The number of nitrogens with zero attached hydrogens (tertiary/aromatic N) is 1. The minimum absolute atomic E-state index is 0.0680. The SMILES string of the molecule is COCc1ccc(C(=O)N2CCCc3c(C(N)=O)cccc32)cc1. The molecule has 0 aliphatic carbocycles. The first-order chi connectivity index (χ1) is 11.6. The molecular formula is C19H20N2O3. The van der Waals surface area contributed by atoms with E-state index in [0.717, 1.165) is 29.7 Å². The fourth-order valence-corrected chi connectivity index (χ4v) is 3.13. The van der Waals surface area contributed by atoms with Crippen LogP contribution in [0.2, 0.25) is 0 Å². The van der Waals surface area contributed by atoms with Gasteiger partial charge in [0.15, 0.2) is 0 Å². The van der Waals surface area contributed by atoms with Gasteiger partial charge in [0.25, 0.3) is 5.91 Å². The van der Waals surface area contributed by atoms with Crippen LogP contribution in [0.3, 0.4) is 0 Å². The minimum Gasteiger partial charge on any atom is -0.380 e. The average molecular weight is 324 g/mol. The first-order valence-corrected chi connectivity index (χ1v) is 7.93. The van der Waals surface area contributed by atoms with Gasteiger partial charge in [-0.05, 0) is 48.2 Å². The quantitative estimate of drug-likeness (QED) is 0.939. The van der Waals surface area contributed by atoms with Crippen LogP contribution in [-0.2, 0) is 17.8 Å². The number of amides is 2. The number of hydrogen-bond donors (Lipinski definition) is 1. The van der Waals surface area contributed by atoms with Crippen molar-refractivity contribution in [2.75, 3.05) is 18.6 Å². The summed E-state index contributed by atoms with van der Waals surface area (Å²) in [7, 11) is 1.64. The number of carbonyl (C=O) groups excluding carboxylic acids is 2. The number of anilines is 1. The van der Waals surface area contributed by atoms with E-state index in [-0.39, 0.29) is 5.91 Å². The van der Waals surface area contributed by atoms with Crippen LogP contribution in [0.5, 0.6) is 0 Å².